The molecule has 2 heterocycles. The van der Waals surface area contributed by atoms with Gasteiger partial charge < -0.3 is 14.4 Å². The van der Waals surface area contributed by atoms with Gasteiger partial charge in [-0.05, 0) is 37.1 Å². The first kappa shape index (κ1) is 16.4. The van der Waals surface area contributed by atoms with Gasteiger partial charge in [-0.2, -0.15) is 5.26 Å². The zero-order valence-electron chi connectivity index (χ0n) is 13.6. The Hall–Kier alpha value is -2.45. The molecule has 0 amide bonds. The molecule has 0 saturated carbocycles. The van der Waals surface area contributed by atoms with E-state index in [2.05, 4.69) is 9.88 Å². The summed E-state index contributed by atoms with van der Waals surface area (Å²) in [6, 6.07) is 11.6. The van der Waals surface area contributed by atoms with E-state index in [0.29, 0.717) is 5.02 Å². The maximum Gasteiger partial charge on any atom is 0.161 e. The van der Waals surface area contributed by atoms with Gasteiger partial charge >= 0.3 is 0 Å². The summed E-state index contributed by atoms with van der Waals surface area (Å²) in [4.78, 5) is 6.60. The number of ether oxygens (including phenoxy) is 2. The summed E-state index contributed by atoms with van der Waals surface area (Å²) in [7, 11) is 3.29. The number of benzene rings is 1. The topological polar surface area (TPSA) is 58.4 Å². The van der Waals surface area contributed by atoms with Crippen molar-refractivity contribution in [1.29, 1.82) is 5.26 Å². The number of hydrogen-bond donors (Lipinski definition) is 0. The van der Waals surface area contributed by atoms with E-state index in [1.807, 2.05) is 30.3 Å². The van der Waals surface area contributed by atoms with Crippen molar-refractivity contribution in [2.24, 2.45) is 0 Å². The SMILES string of the molecule is COc1ccc(C2CCCN2c2ccc(Cl)c(C#N)n2)c(OC)c1. The first-order valence-corrected chi connectivity index (χ1v) is 8.11. The largest absolute Gasteiger partial charge is 0.497 e. The number of nitriles is 1. The second-order valence-corrected chi connectivity index (χ2v) is 5.98. The number of rotatable bonds is 4. The molecule has 0 bridgehead atoms. The van der Waals surface area contributed by atoms with Crippen molar-refractivity contribution in [3.8, 4) is 17.6 Å². The Balaban J connectivity index is 1.98. The number of halogens is 1. The molecule has 5 nitrogen and oxygen atoms in total. The summed E-state index contributed by atoms with van der Waals surface area (Å²) in [5, 5.41) is 9.53. The van der Waals surface area contributed by atoms with Gasteiger partial charge in [0.25, 0.3) is 0 Å². The fourth-order valence-corrected chi connectivity index (χ4v) is 3.28. The molecule has 0 N–H and O–H groups in total. The number of methoxy groups -OCH3 is 2. The van der Waals surface area contributed by atoms with Crippen molar-refractivity contribution in [1.82, 2.24) is 4.98 Å². The Morgan fingerprint density at radius 2 is 2.08 bits per heavy atom. The third kappa shape index (κ3) is 2.98. The lowest BCUT2D eigenvalue weighted by Gasteiger charge is -2.27. The Morgan fingerprint density at radius 1 is 1.25 bits per heavy atom. The second-order valence-electron chi connectivity index (χ2n) is 5.57. The van der Waals surface area contributed by atoms with Crippen LogP contribution in [0, 0.1) is 11.3 Å². The quantitative estimate of drug-likeness (QED) is 0.840. The number of aromatic nitrogens is 1. The van der Waals surface area contributed by atoms with Crippen LogP contribution in [0.5, 0.6) is 11.5 Å². The van der Waals surface area contributed by atoms with Crippen LogP contribution in [0.1, 0.15) is 30.1 Å². The van der Waals surface area contributed by atoms with E-state index >= 15 is 0 Å². The summed E-state index contributed by atoms with van der Waals surface area (Å²) in [6.07, 6.45) is 2.04. The maximum absolute atomic E-state index is 9.16. The third-order valence-electron chi connectivity index (χ3n) is 4.28. The van der Waals surface area contributed by atoms with Crippen molar-refractivity contribution < 1.29 is 9.47 Å². The van der Waals surface area contributed by atoms with Gasteiger partial charge in [-0.1, -0.05) is 11.6 Å². The van der Waals surface area contributed by atoms with E-state index < -0.39 is 0 Å². The number of anilines is 1. The first-order chi connectivity index (χ1) is 11.7. The number of nitrogens with zero attached hydrogens (tertiary/aromatic N) is 3. The van der Waals surface area contributed by atoms with Gasteiger partial charge in [-0.3, -0.25) is 0 Å². The van der Waals surface area contributed by atoms with Crippen LogP contribution in [0.3, 0.4) is 0 Å². The minimum Gasteiger partial charge on any atom is -0.497 e. The molecule has 2 aromatic rings. The predicted octanol–water partition coefficient (Wildman–Crippen LogP) is 3.97. The van der Waals surface area contributed by atoms with Gasteiger partial charge in [-0.25, -0.2) is 4.98 Å². The van der Waals surface area contributed by atoms with Crippen molar-refractivity contribution >= 4 is 17.4 Å². The molecule has 1 aliphatic heterocycles. The molecule has 124 valence electrons. The number of pyridine rings is 1. The summed E-state index contributed by atoms with van der Waals surface area (Å²) in [5.41, 5.74) is 1.34. The van der Waals surface area contributed by atoms with Gasteiger partial charge in [-0.15, -0.1) is 0 Å². The first-order valence-electron chi connectivity index (χ1n) is 7.73. The average Bonchev–Trinajstić information content (AvgIpc) is 3.11. The van der Waals surface area contributed by atoms with Crippen LogP contribution in [0.15, 0.2) is 30.3 Å². The van der Waals surface area contributed by atoms with E-state index in [9.17, 15) is 0 Å². The lowest BCUT2D eigenvalue weighted by atomic mass is 10.0. The summed E-state index contributed by atoms with van der Waals surface area (Å²) >= 11 is 6.00. The van der Waals surface area contributed by atoms with Crippen molar-refractivity contribution in [2.45, 2.75) is 18.9 Å². The molecule has 6 heteroatoms. The molecule has 24 heavy (non-hydrogen) atoms. The molecule has 1 saturated heterocycles. The van der Waals surface area contributed by atoms with Crippen LogP contribution in [0.2, 0.25) is 5.02 Å². The minimum atomic E-state index is 0.145. The van der Waals surface area contributed by atoms with Crippen molar-refractivity contribution in [2.75, 3.05) is 25.7 Å². The molecule has 1 unspecified atom stereocenters. The fourth-order valence-electron chi connectivity index (χ4n) is 3.13. The Labute approximate surface area is 146 Å². The average molecular weight is 344 g/mol. The van der Waals surface area contributed by atoms with Crippen LogP contribution in [0.4, 0.5) is 5.82 Å². The molecular formula is C18H18ClN3O2. The lowest BCUT2D eigenvalue weighted by Crippen LogP contribution is -2.24. The van der Waals surface area contributed by atoms with Gasteiger partial charge in [0.15, 0.2) is 5.69 Å². The molecule has 1 aliphatic rings. The highest BCUT2D eigenvalue weighted by molar-refractivity contribution is 6.31. The minimum absolute atomic E-state index is 0.145. The van der Waals surface area contributed by atoms with Crippen molar-refractivity contribution in [3.63, 3.8) is 0 Å². The van der Waals surface area contributed by atoms with E-state index in [1.165, 1.54) is 0 Å². The summed E-state index contributed by atoms with van der Waals surface area (Å²) in [5.74, 6) is 2.31. The highest BCUT2D eigenvalue weighted by atomic mass is 35.5. The zero-order chi connectivity index (χ0) is 17.1. The maximum atomic E-state index is 9.16. The second kappa shape index (κ2) is 6.98. The molecule has 0 spiro atoms. The molecule has 0 radical (unpaired) electrons. The molecule has 3 rings (SSSR count). The highest BCUT2D eigenvalue weighted by Gasteiger charge is 2.30. The third-order valence-corrected chi connectivity index (χ3v) is 4.59. The van der Waals surface area contributed by atoms with E-state index in [-0.39, 0.29) is 11.7 Å². The lowest BCUT2D eigenvalue weighted by molar-refractivity contribution is 0.388. The molecule has 0 aliphatic carbocycles. The van der Waals surface area contributed by atoms with Gasteiger partial charge in [0, 0.05) is 18.2 Å². The van der Waals surface area contributed by atoms with Crippen LogP contribution >= 0.6 is 11.6 Å². The Bertz CT molecular complexity index is 788. The smallest absolute Gasteiger partial charge is 0.161 e. The summed E-state index contributed by atoms with van der Waals surface area (Å²) < 4.78 is 10.8. The van der Waals surface area contributed by atoms with Gasteiger partial charge in [0.2, 0.25) is 0 Å². The Morgan fingerprint density at radius 3 is 2.79 bits per heavy atom. The summed E-state index contributed by atoms with van der Waals surface area (Å²) in [6.45, 7) is 0.874. The molecule has 1 fully saturated rings. The fraction of sp³-hybridized carbons (Fsp3) is 0.333. The van der Waals surface area contributed by atoms with Gasteiger partial charge in [0.1, 0.15) is 23.4 Å². The van der Waals surface area contributed by atoms with Crippen molar-refractivity contribution in [3.05, 3.63) is 46.6 Å². The van der Waals surface area contributed by atoms with Gasteiger partial charge in [0.05, 0.1) is 25.3 Å². The standard InChI is InChI=1S/C18H18ClN3O2/c1-23-12-5-6-13(17(10-12)24-2)16-4-3-9-22(16)18-8-7-14(19)15(11-20)21-18/h5-8,10,16H,3-4,9H2,1-2H3. The van der Waals surface area contributed by atoms with Crippen LogP contribution in [-0.4, -0.2) is 25.7 Å². The number of hydrogen-bond acceptors (Lipinski definition) is 5. The van der Waals surface area contributed by atoms with E-state index in [0.717, 1.165) is 42.3 Å². The van der Waals surface area contributed by atoms with Crippen LogP contribution in [-0.2, 0) is 0 Å². The van der Waals surface area contributed by atoms with E-state index in [1.54, 1.807) is 20.3 Å². The molecule has 1 aromatic heterocycles. The molecule has 1 atom stereocenters. The van der Waals surface area contributed by atoms with E-state index in [4.69, 9.17) is 26.3 Å². The molecular weight excluding hydrogens is 326 g/mol. The monoisotopic (exact) mass is 343 g/mol. The van der Waals surface area contributed by atoms with Crippen LogP contribution in [0.25, 0.3) is 0 Å². The Kier molecular flexibility index (Phi) is 4.77. The predicted molar refractivity (Wildman–Crippen MR) is 92.8 cm³/mol. The highest BCUT2D eigenvalue weighted by Crippen LogP contribution is 2.40. The zero-order valence-corrected chi connectivity index (χ0v) is 14.4. The van der Waals surface area contributed by atoms with Crippen LogP contribution < -0.4 is 14.4 Å². The normalized spacial score (nSPS) is 16.8. The molecule has 1 aromatic carbocycles.